The molecule has 1 aromatic heterocycles. The fourth-order valence-corrected chi connectivity index (χ4v) is 3.09. The summed E-state index contributed by atoms with van der Waals surface area (Å²) < 4.78 is 58.3. The van der Waals surface area contributed by atoms with Crippen molar-refractivity contribution in [1.82, 2.24) is 15.0 Å². The number of halogens is 2. The van der Waals surface area contributed by atoms with Crippen LogP contribution in [0, 0.1) is 17.6 Å². The maximum Gasteiger partial charge on any atom is 0.323 e. The average molecular weight is 445 g/mol. The molecule has 0 radical (unpaired) electrons. The largest absolute Gasteiger partial charge is 0.455 e. The summed E-state index contributed by atoms with van der Waals surface area (Å²) in [7, 11) is -3.70. The molecule has 0 unspecified atom stereocenters. The number of hydrogen-bond donors (Lipinski definition) is 3. The third kappa shape index (κ3) is 7.02. The first-order chi connectivity index (χ1) is 14.0. The van der Waals surface area contributed by atoms with Crippen LogP contribution in [0.4, 0.5) is 20.7 Å². The minimum absolute atomic E-state index is 0.0437. The normalized spacial score (nSPS) is 13.7. The second kappa shape index (κ2) is 9.94. The van der Waals surface area contributed by atoms with Gasteiger partial charge in [-0.2, -0.15) is 15.0 Å². The molecule has 166 valence electrons. The van der Waals surface area contributed by atoms with Gasteiger partial charge in [0.2, 0.25) is 21.9 Å². The molecule has 0 saturated carbocycles. The third-order valence-corrected chi connectivity index (χ3v) is 4.46. The molecule has 0 spiro atoms. The summed E-state index contributed by atoms with van der Waals surface area (Å²) in [5, 5.41) is 12.5. The minimum Gasteiger partial charge on any atom is -0.455 e. The van der Waals surface area contributed by atoms with Gasteiger partial charge < -0.3 is 15.2 Å². The number of ether oxygens (including phenoxy) is 1. The monoisotopic (exact) mass is 445 g/mol. The van der Waals surface area contributed by atoms with E-state index in [2.05, 4.69) is 25.0 Å². The lowest BCUT2D eigenvalue weighted by Gasteiger charge is -2.19. The zero-order valence-electron chi connectivity index (χ0n) is 17.1. The number of sulfonamides is 1. The number of aromatic nitrogens is 3. The molecule has 1 aromatic carbocycles. The van der Waals surface area contributed by atoms with Crippen molar-refractivity contribution < 1.29 is 27.0 Å². The fourth-order valence-electron chi connectivity index (χ4n) is 2.67. The Balaban J connectivity index is 2.34. The van der Waals surface area contributed by atoms with Gasteiger partial charge in [-0.05, 0) is 25.3 Å². The van der Waals surface area contributed by atoms with E-state index < -0.39 is 33.8 Å². The van der Waals surface area contributed by atoms with Crippen molar-refractivity contribution in [1.29, 1.82) is 0 Å². The number of anilines is 2. The van der Waals surface area contributed by atoms with Gasteiger partial charge in [0, 0.05) is 5.56 Å². The van der Waals surface area contributed by atoms with Crippen LogP contribution >= 0.6 is 0 Å². The number of aliphatic hydroxyl groups excluding tert-OH is 1. The first-order valence-corrected chi connectivity index (χ1v) is 11.1. The van der Waals surface area contributed by atoms with Crippen LogP contribution in [0.5, 0.6) is 6.01 Å². The van der Waals surface area contributed by atoms with Gasteiger partial charge in [0.05, 0.1) is 18.9 Å². The highest BCUT2D eigenvalue weighted by atomic mass is 32.2. The van der Waals surface area contributed by atoms with Crippen LogP contribution in [-0.4, -0.2) is 47.4 Å². The van der Waals surface area contributed by atoms with Crippen LogP contribution in [0.3, 0.4) is 0 Å². The minimum atomic E-state index is -3.70. The first kappa shape index (κ1) is 23.7. The SMILES string of the molecule is CC(C)C[C@H](CO)Nc1nc(NS(C)(=O)=O)nc(O[C@@H](C)c2cccc(F)c2F)n1. The fraction of sp³-hybridized carbons (Fsp3) is 0.500. The summed E-state index contributed by atoms with van der Waals surface area (Å²) in [4.78, 5) is 11.9. The number of nitrogens with zero attached hydrogens (tertiary/aromatic N) is 3. The van der Waals surface area contributed by atoms with Crippen LogP contribution in [0.2, 0.25) is 0 Å². The molecular weight excluding hydrogens is 420 g/mol. The van der Waals surface area contributed by atoms with Crippen molar-refractivity contribution >= 4 is 21.9 Å². The maximum atomic E-state index is 14.0. The van der Waals surface area contributed by atoms with Crippen LogP contribution in [0.25, 0.3) is 0 Å². The van der Waals surface area contributed by atoms with Gasteiger partial charge in [-0.15, -0.1) is 0 Å². The molecule has 0 amide bonds. The molecule has 30 heavy (non-hydrogen) atoms. The van der Waals surface area contributed by atoms with E-state index in [9.17, 15) is 22.3 Å². The molecule has 0 aliphatic rings. The lowest BCUT2D eigenvalue weighted by Crippen LogP contribution is -2.27. The Morgan fingerprint density at radius 2 is 1.80 bits per heavy atom. The van der Waals surface area contributed by atoms with E-state index in [4.69, 9.17) is 4.74 Å². The molecule has 0 saturated heterocycles. The van der Waals surface area contributed by atoms with E-state index in [1.165, 1.54) is 19.1 Å². The Bertz CT molecular complexity index is 975. The quantitative estimate of drug-likeness (QED) is 0.509. The van der Waals surface area contributed by atoms with Gasteiger partial charge in [0.15, 0.2) is 11.6 Å². The Hall–Kier alpha value is -2.60. The lowest BCUT2D eigenvalue weighted by atomic mass is 10.0. The molecule has 0 aliphatic heterocycles. The Morgan fingerprint density at radius 3 is 2.40 bits per heavy atom. The molecule has 2 atom stereocenters. The van der Waals surface area contributed by atoms with Crippen molar-refractivity contribution in [3.8, 4) is 6.01 Å². The molecule has 0 aliphatic carbocycles. The number of aliphatic hydroxyl groups is 1. The zero-order valence-corrected chi connectivity index (χ0v) is 17.9. The highest BCUT2D eigenvalue weighted by Crippen LogP contribution is 2.24. The van der Waals surface area contributed by atoms with Crippen molar-refractivity contribution in [3.63, 3.8) is 0 Å². The molecule has 2 rings (SSSR count). The van der Waals surface area contributed by atoms with Crippen LogP contribution in [-0.2, 0) is 10.0 Å². The number of rotatable bonds is 10. The van der Waals surface area contributed by atoms with Gasteiger partial charge in [-0.3, -0.25) is 4.72 Å². The predicted octanol–water partition coefficient (Wildman–Crippen LogP) is 2.48. The van der Waals surface area contributed by atoms with E-state index in [1.807, 2.05) is 13.8 Å². The second-order valence-electron chi connectivity index (χ2n) is 7.20. The van der Waals surface area contributed by atoms with E-state index in [-0.39, 0.29) is 36.0 Å². The average Bonchev–Trinajstić information content (AvgIpc) is 2.61. The highest BCUT2D eigenvalue weighted by molar-refractivity contribution is 7.91. The summed E-state index contributed by atoms with van der Waals surface area (Å²) in [5.74, 6) is -2.20. The summed E-state index contributed by atoms with van der Waals surface area (Å²) in [6, 6.07) is 2.96. The van der Waals surface area contributed by atoms with Crippen molar-refractivity contribution in [2.75, 3.05) is 22.9 Å². The van der Waals surface area contributed by atoms with Crippen LogP contribution in [0.15, 0.2) is 18.2 Å². The second-order valence-corrected chi connectivity index (χ2v) is 8.94. The van der Waals surface area contributed by atoms with E-state index in [0.29, 0.717) is 6.42 Å². The van der Waals surface area contributed by atoms with Gasteiger partial charge in [0.25, 0.3) is 0 Å². The third-order valence-electron chi connectivity index (χ3n) is 3.90. The highest BCUT2D eigenvalue weighted by Gasteiger charge is 2.20. The topological polar surface area (TPSA) is 126 Å². The smallest absolute Gasteiger partial charge is 0.323 e. The summed E-state index contributed by atoms with van der Waals surface area (Å²) in [6.07, 6.45) is 0.536. The summed E-state index contributed by atoms with van der Waals surface area (Å²) in [5.41, 5.74) is -0.0596. The van der Waals surface area contributed by atoms with Gasteiger partial charge in [0.1, 0.15) is 6.10 Å². The van der Waals surface area contributed by atoms with Crippen molar-refractivity contribution in [2.24, 2.45) is 5.92 Å². The maximum absolute atomic E-state index is 14.0. The number of benzene rings is 1. The van der Waals surface area contributed by atoms with Crippen LogP contribution < -0.4 is 14.8 Å². The van der Waals surface area contributed by atoms with E-state index in [0.717, 1.165) is 12.3 Å². The standard InChI is InChI=1S/C18H25F2N5O4S/c1-10(2)8-12(9-26)21-16-22-17(25-30(4,27)28)24-18(23-16)29-11(3)13-6-5-7-14(19)15(13)20/h5-7,10-12,26H,8-9H2,1-4H3,(H2,21,22,23,24,25)/t11-,12+/m0/s1. The van der Waals surface area contributed by atoms with Gasteiger partial charge in [-0.1, -0.05) is 26.0 Å². The number of hydrogen-bond acceptors (Lipinski definition) is 8. The molecule has 0 fully saturated rings. The lowest BCUT2D eigenvalue weighted by molar-refractivity contribution is 0.201. The molecule has 12 heteroatoms. The van der Waals surface area contributed by atoms with Gasteiger partial charge >= 0.3 is 6.01 Å². The molecular formula is C18H25F2N5O4S. The van der Waals surface area contributed by atoms with Crippen molar-refractivity contribution in [3.05, 3.63) is 35.4 Å². The predicted molar refractivity (Wildman–Crippen MR) is 108 cm³/mol. The molecule has 0 bridgehead atoms. The first-order valence-electron chi connectivity index (χ1n) is 9.20. The molecule has 2 aromatic rings. The van der Waals surface area contributed by atoms with Crippen LogP contribution in [0.1, 0.15) is 38.9 Å². The molecule has 1 heterocycles. The Morgan fingerprint density at radius 1 is 1.13 bits per heavy atom. The summed E-state index contributed by atoms with van der Waals surface area (Å²) in [6.45, 7) is 5.20. The molecule has 9 nitrogen and oxygen atoms in total. The Labute approximate surface area is 174 Å². The summed E-state index contributed by atoms with van der Waals surface area (Å²) >= 11 is 0. The molecule has 3 N–H and O–H groups in total. The van der Waals surface area contributed by atoms with E-state index >= 15 is 0 Å². The zero-order chi connectivity index (χ0) is 22.5. The van der Waals surface area contributed by atoms with E-state index in [1.54, 1.807) is 0 Å². The number of nitrogens with one attached hydrogen (secondary N) is 2. The van der Waals surface area contributed by atoms with Gasteiger partial charge in [-0.25, -0.2) is 17.2 Å². The van der Waals surface area contributed by atoms with Crippen molar-refractivity contribution in [2.45, 2.75) is 39.3 Å². The Kier molecular flexibility index (Phi) is 7.84.